The minimum atomic E-state index is -0.340. The number of nitrogens with zero attached hydrogens (tertiary/aromatic N) is 3. The Morgan fingerprint density at radius 2 is 1.74 bits per heavy atom. The molecule has 1 aliphatic heterocycles. The molecule has 3 aromatic rings. The lowest BCUT2D eigenvalue weighted by molar-refractivity contribution is 0.234. The highest BCUT2D eigenvalue weighted by Gasteiger charge is 2.23. The van der Waals surface area contributed by atoms with Crippen molar-refractivity contribution < 1.29 is 4.79 Å². The third-order valence-corrected chi connectivity index (χ3v) is 5.92. The summed E-state index contributed by atoms with van der Waals surface area (Å²) < 4.78 is 2.54. The van der Waals surface area contributed by atoms with Gasteiger partial charge in [-0.15, -0.1) is 0 Å². The van der Waals surface area contributed by atoms with Crippen LogP contribution in [0.2, 0.25) is 0 Å². The van der Waals surface area contributed by atoms with Crippen molar-refractivity contribution in [1.82, 2.24) is 19.8 Å². The first-order chi connectivity index (χ1) is 14.9. The first kappa shape index (κ1) is 20.7. The first-order valence-corrected chi connectivity index (χ1v) is 10.5. The molecule has 2 amide bonds. The Morgan fingerprint density at radius 3 is 2.52 bits per heavy atom. The summed E-state index contributed by atoms with van der Waals surface area (Å²) in [5, 5.41) is 8.29. The smallest absolute Gasteiger partial charge is 0.330 e. The molecule has 2 aromatic carbocycles. The van der Waals surface area contributed by atoms with Gasteiger partial charge >= 0.3 is 11.7 Å². The highest BCUT2D eigenvalue weighted by Crippen LogP contribution is 2.18. The quantitative estimate of drug-likeness (QED) is 0.671. The lowest BCUT2D eigenvalue weighted by Crippen LogP contribution is -2.49. The minimum Gasteiger partial charge on any atom is -0.366 e. The fraction of sp³-hybridized carbons (Fsp3) is 0.348. The highest BCUT2D eigenvalue weighted by molar-refractivity contribution is 5.86. The Bertz CT molecular complexity index is 1220. The maximum Gasteiger partial charge on any atom is 0.330 e. The molecule has 2 N–H and O–H groups in total. The Hall–Kier alpha value is -3.55. The molecule has 0 aliphatic carbocycles. The predicted molar refractivity (Wildman–Crippen MR) is 121 cm³/mol. The van der Waals surface area contributed by atoms with Gasteiger partial charge in [0.25, 0.3) is 5.56 Å². The van der Waals surface area contributed by atoms with Crippen LogP contribution in [0.15, 0.2) is 58.3 Å². The Labute approximate surface area is 180 Å². The number of fused-ring (bicyclic) bond motifs is 1. The standard InChI is InChI=1S/C23H27N5O3/c1-26-15-20(21(29)27(2)23(26)31)28-12-10-18(11-13-28)25-22(30)24-14-17-8-5-7-16-6-3-4-9-19(16)17/h3-9,15,18H,10-14H2,1-2H3,(H2,24,25,30). The van der Waals surface area contributed by atoms with Crippen LogP contribution in [0, 0.1) is 0 Å². The summed E-state index contributed by atoms with van der Waals surface area (Å²) in [6.07, 6.45) is 3.05. The number of hydrogen-bond acceptors (Lipinski definition) is 4. The van der Waals surface area contributed by atoms with E-state index in [1.807, 2.05) is 29.2 Å². The Balaban J connectivity index is 1.32. The van der Waals surface area contributed by atoms with Crippen LogP contribution >= 0.6 is 0 Å². The molecule has 0 radical (unpaired) electrons. The molecule has 1 aromatic heterocycles. The van der Waals surface area contributed by atoms with Gasteiger partial charge in [-0.25, -0.2) is 9.59 Å². The predicted octanol–water partition coefficient (Wildman–Crippen LogP) is 1.71. The molecule has 0 bridgehead atoms. The second-order valence-electron chi connectivity index (χ2n) is 8.00. The number of benzene rings is 2. The van der Waals surface area contributed by atoms with E-state index in [0.717, 1.165) is 33.7 Å². The fourth-order valence-corrected chi connectivity index (χ4v) is 4.13. The molecule has 0 unspecified atom stereocenters. The minimum absolute atomic E-state index is 0.0418. The number of piperidine rings is 1. The van der Waals surface area contributed by atoms with E-state index in [1.165, 1.54) is 11.6 Å². The van der Waals surface area contributed by atoms with E-state index < -0.39 is 0 Å². The van der Waals surface area contributed by atoms with E-state index in [1.54, 1.807) is 13.2 Å². The highest BCUT2D eigenvalue weighted by atomic mass is 16.2. The number of urea groups is 1. The second-order valence-corrected chi connectivity index (χ2v) is 8.00. The van der Waals surface area contributed by atoms with Gasteiger partial charge in [0.05, 0.1) is 0 Å². The molecule has 2 heterocycles. The van der Waals surface area contributed by atoms with Gasteiger partial charge in [-0.3, -0.25) is 9.36 Å². The zero-order valence-corrected chi connectivity index (χ0v) is 17.8. The molecule has 4 rings (SSSR count). The van der Waals surface area contributed by atoms with Gasteiger partial charge in [-0.2, -0.15) is 0 Å². The van der Waals surface area contributed by atoms with E-state index in [-0.39, 0.29) is 23.3 Å². The van der Waals surface area contributed by atoms with Gasteiger partial charge in [-0.1, -0.05) is 42.5 Å². The number of hydrogen-bond donors (Lipinski definition) is 2. The normalized spacial score (nSPS) is 14.6. The average Bonchev–Trinajstić information content (AvgIpc) is 2.79. The number of aromatic nitrogens is 2. The maximum absolute atomic E-state index is 12.4. The van der Waals surface area contributed by atoms with Crippen LogP contribution in [0.4, 0.5) is 10.5 Å². The summed E-state index contributed by atoms with van der Waals surface area (Å²) in [7, 11) is 3.13. The van der Waals surface area contributed by atoms with E-state index in [4.69, 9.17) is 0 Å². The topological polar surface area (TPSA) is 88.4 Å². The number of carbonyl (C=O) groups is 1. The van der Waals surface area contributed by atoms with Crippen molar-refractivity contribution in [2.75, 3.05) is 18.0 Å². The average molecular weight is 422 g/mol. The molecule has 1 fully saturated rings. The SMILES string of the molecule is Cn1cc(N2CCC(NC(=O)NCc3cccc4ccccc34)CC2)c(=O)n(C)c1=O. The molecule has 162 valence electrons. The number of aryl methyl sites for hydroxylation is 1. The van der Waals surface area contributed by atoms with Gasteiger partial charge in [-0.05, 0) is 29.2 Å². The zero-order chi connectivity index (χ0) is 22.0. The van der Waals surface area contributed by atoms with Crippen LogP contribution in [0.1, 0.15) is 18.4 Å². The molecular weight excluding hydrogens is 394 g/mol. The molecule has 0 spiro atoms. The molecule has 1 saturated heterocycles. The van der Waals surface area contributed by atoms with Gasteiger partial charge in [0.15, 0.2) is 0 Å². The fourth-order valence-electron chi connectivity index (χ4n) is 4.13. The molecular formula is C23H27N5O3. The molecule has 8 heteroatoms. The molecule has 8 nitrogen and oxygen atoms in total. The molecule has 0 atom stereocenters. The zero-order valence-electron chi connectivity index (χ0n) is 17.8. The van der Waals surface area contributed by atoms with Crippen molar-refractivity contribution in [3.63, 3.8) is 0 Å². The largest absolute Gasteiger partial charge is 0.366 e. The summed E-state index contributed by atoms with van der Waals surface area (Å²) in [6.45, 7) is 1.74. The summed E-state index contributed by atoms with van der Waals surface area (Å²) in [4.78, 5) is 38.7. The van der Waals surface area contributed by atoms with Gasteiger partial charge in [0, 0.05) is 46.0 Å². The number of carbonyl (C=O) groups excluding carboxylic acids is 1. The number of rotatable bonds is 4. The van der Waals surface area contributed by atoms with Crippen molar-refractivity contribution in [2.24, 2.45) is 14.1 Å². The van der Waals surface area contributed by atoms with Crippen molar-refractivity contribution in [3.8, 4) is 0 Å². The molecule has 0 saturated carbocycles. The van der Waals surface area contributed by atoms with Crippen molar-refractivity contribution in [3.05, 3.63) is 75.1 Å². The summed E-state index contributed by atoms with van der Waals surface area (Å²) in [5.74, 6) is 0. The maximum atomic E-state index is 12.4. The van der Waals surface area contributed by atoms with E-state index in [0.29, 0.717) is 25.3 Å². The lowest BCUT2D eigenvalue weighted by atomic mass is 10.0. The van der Waals surface area contributed by atoms with Gasteiger partial charge in [0.1, 0.15) is 5.69 Å². The van der Waals surface area contributed by atoms with E-state index in [9.17, 15) is 14.4 Å². The van der Waals surface area contributed by atoms with Crippen LogP contribution in [0.3, 0.4) is 0 Å². The summed E-state index contributed by atoms with van der Waals surface area (Å²) >= 11 is 0. The summed E-state index contributed by atoms with van der Waals surface area (Å²) in [6, 6.07) is 14.1. The third-order valence-electron chi connectivity index (χ3n) is 5.92. The second kappa shape index (κ2) is 8.67. The van der Waals surface area contributed by atoms with Crippen LogP contribution < -0.4 is 26.8 Å². The van der Waals surface area contributed by atoms with Gasteiger partial charge < -0.3 is 20.1 Å². The first-order valence-electron chi connectivity index (χ1n) is 10.5. The van der Waals surface area contributed by atoms with Crippen LogP contribution in [-0.4, -0.2) is 34.3 Å². The van der Waals surface area contributed by atoms with Crippen molar-refractivity contribution in [1.29, 1.82) is 0 Å². The monoisotopic (exact) mass is 421 g/mol. The number of nitrogens with one attached hydrogen (secondary N) is 2. The molecule has 1 aliphatic rings. The Morgan fingerprint density at radius 1 is 1.03 bits per heavy atom. The van der Waals surface area contributed by atoms with Crippen LogP contribution in [0.25, 0.3) is 10.8 Å². The lowest BCUT2D eigenvalue weighted by Gasteiger charge is -2.33. The van der Waals surface area contributed by atoms with Crippen LogP contribution in [0.5, 0.6) is 0 Å². The van der Waals surface area contributed by atoms with E-state index >= 15 is 0 Å². The number of anilines is 1. The van der Waals surface area contributed by atoms with Gasteiger partial charge in [0.2, 0.25) is 0 Å². The van der Waals surface area contributed by atoms with E-state index in [2.05, 4.69) is 28.8 Å². The molecule has 31 heavy (non-hydrogen) atoms. The van der Waals surface area contributed by atoms with Crippen molar-refractivity contribution >= 4 is 22.5 Å². The number of amides is 2. The Kier molecular flexibility index (Phi) is 5.79. The van der Waals surface area contributed by atoms with Crippen LogP contribution in [-0.2, 0) is 20.6 Å². The van der Waals surface area contributed by atoms with Crippen molar-refractivity contribution in [2.45, 2.75) is 25.4 Å². The third kappa shape index (κ3) is 4.33. The summed E-state index contributed by atoms with van der Waals surface area (Å²) in [5.41, 5.74) is 0.965.